The molecule has 4 aromatic rings. The van der Waals surface area contributed by atoms with Crippen molar-refractivity contribution in [1.29, 1.82) is 0 Å². The monoisotopic (exact) mass is 550 g/mol. The van der Waals surface area contributed by atoms with Crippen molar-refractivity contribution in [2.45, 2.75) is 37.9 Å². The number of nitrogens with zero attached hydrogens (tertiary/aromatic N) is 2. The van der Waals surface area contributed by atoms with E-state index in [0.29, 0.717) is 12.0 Å². The lowest BCUT2D eigenvalue weighted by Gasteiger charge is -2.34. The van der Waals surface area contributed by atoms with Crippen LogP contribution in [0.2, 0.25) is 0 Å². The number of hydrogen-bond acceptors (Lipinski definition) is 4. The SMILES string of the molecule is CNC(=O)[C@@H](Cc1ccccc1)N(C)C(=O)[C@@H](Cc1ccc2ccccc2c1)N(C)C(=O)c1cccc(C(C)N)c1. The van der Waals surface area contributed by atoms with Gasteiger partial charge in [0.05, 0.1) is 0 Å². The summed E-state index contributed by atoms with van der Waals surface area (Å²) in [5, 5.41) is 4.84. The molecule has 0 aromatic heterocycles. The predicted molar refractivity (Wildman–Crippen MR) is 163 cm³/mol. The van der Waals surface area contributed by atoms with Gasteiger partial charge in [-0.3, -0.25) is 14.4 Å². The number of likely N-dealkylation sites (N-methyl/N-ethyl adjacent to an activating group) is 3. The third kappa shape index (κ3) is 6.99. The Kier molecular flexibility index (Phi) is 9.53. The van der Waals surface area contributed by atoms with Gasteiger partial charge in [0.15, 0.2) is 0 Å². The van der Waals surface area contributed by atoms with Crippen LogP contribution in [0.25, 0.3) is 10.8 Å². The van der Waals surface area contributed by atoms with Gasteiger partial charge in [-0.25, -0.2) is 0 Å². The van der Waals surface area contributed by atoms with Crippen LogP contribution >= 0.6 is 0 Å². The molecule has 7 nitrogen and oxygen atoms in total. The largest absolute Gasteiger partial charge is 0.357 e. The highest BCUT2D eigenvalue weighted by Crippen LogP contribution is 2.21. The Hall–Kier alpha value is -4.49. The second kappa shape index (κ2) is 13.2. The topological polar surface area (TPSA) is 95.7 Å². The number of fused-ring (bicyclic) bond motifs is 1. The number of carbonyl (C=O) groups is 3. The van der Waals surface area contributed by atoms with Crippen molar-refractivity contribution in [2.75, 3.05) is 21.1 Å². The van der Waals surface area contributed by atoms with E-state index < -0.39 is 12.1 Å². The minimum absolute atomic E-state index is 0.236. The third-order valence-electron chi connectivity index (χ3n) is 7.61. The zero-order valence-electron chi connectivity index (χ0n) is 24.1. The molecule has 4 rings (SSSR count). The summed E-state index contributed by atoms with van der Waals surface area (Å²) >= 11 is 0. The van der Waals surface area contributed by atoms with Crippen LogP contribution in [-0.4, -0.2) is 60.7 Å². The van der Waals surface area contributed by atoms with E-state index in [1.807, 2.05) is 85.8 Å². The minimum atomic E-state index is -0.851. The van der Waals surface area contributed by atoms with Gasteiger partial charge < -0.3 is 20.9 Å². The van der Waals surface area contributed by atoms with E-state index in [0.717, 1.165) is 27.5 Å². The molecule has 0 aliphatic carbocycles. The first-order chi connectivity index (χ1) is 19.7. The predicted octanol–water partition coefficient (Wildman–Crippen LogP) is 4.36. The van der Waals surface area contributed by atoms with Crippen molar-refractivity contribution in [3.63, 3.8) is 0 Å². The number of nitrogens with one attached hydrogen (secondary N) is 1. The number of amides is 3. The van der Waals surface area contributed by atoms with E-state index in [2.05, 4.69) is 5.32 Å². The summed E-state index contributed by atoms with van der Waals surface area (Å²) in [5.74, 6) is -0.880. The van der Waals surface area contributed by atoms with Gasteiger partial charge >= 0.3 is 0 Å². The second-order valence-electron chi connectivity index (χ2n) is 10.5. The van der Waals surface area contributed by atoms with Crippen molar-refractivity contribution < 1.29 is 14.4 Å². The Morgan fingerprint density at radius 2 is 1.39 bits per heavy atom. The average Bonchev–Trinajstić information content (AvgIpc) is 3.01. The molecule has 0 radical (unpaired) electrons. The van der Waals surface area contributed by atoms with Crippen molar-refractivity contribution in [1.82, 2.24) is 15.1 Å². The van der Waals surface area contributed by atoms with Crippen LogP contribution in [0.1, 0.15) is 40.0 Å². The molecule has 4 aromatic carbocycles. The van der Waals surface area contributed by atoms with Gasteiger partial charge in [-0.05, 0) is 46.5 Å². The molecule has 0 fully saturated rings. The molecular formula is C34H38N4O3. The lowest BCUT2D eigenvalue weighted by Crippen LogP contribution is -2.55. The summed E-state index contributed by atoms with van der Waals surface area (Å²) in [4.78, 5) is 44.0. The van der Waals surface area contributed by atoms with Gasteiger partial charge in [0.25, 0.3) is 5.91 Å². The molecule has 7 heteroatoms. The maximum atomic E-state index is 14.2. The normalized spacial score (nSPS) is 13.2. The molecule has 0 bridgehead atoms. The molecule has 0 aliphatic rings. The van der Waals surface area contributed by atoms with Crippen LogP contribution < -0.4 is 11.1 Å². The van der Waals surface area contributed by atoms with E-state index in [4.69, 9.17) is 5.73 Å². The Morgan fingerprint density at radius 3 is 2.07 bits per heavy atom. The Labute approximate surface area is 242 Å². The second-order valence-corrected chi connectivity index (χ2v) is 10.5. The summed E-state index contributed by atoms with van der Waals surface area (Å²) in [6, 6.07) is 29.0. The summed E-state index contributed by atoms with van der Waals surface area (Å²) in [7, 11) is 4.84. The van der Waals surface area contributed by atoms with E-state index in [1.165, 1.54) is 9.80 Å². The van der Waals surface area contributed by atoms with Gasteiger partial charge in [0.2, 0.25) is 11.8 Å². The van der Waals surface area contributed by atoms with E-state index in [9.17, 15) is 14.4 Å². The van der Waals surface area contributed by atoms with Crippen LogP contribution in [0.15, 0.2) is 97.1 Å². The molecule has 0 spiro atoms. The van der Waals surface area contributed by atoms with E-state index >= 15 is 0 Å². The molecule has 0 saturated heterocycles. The van der Waals surface area contributed by atoms with Gasteiger partial charge in [0, 0.05) is 45.6 Å². The molecule has 0 heterocycles. The standard InChI is InChI=1S/C34H38N4O3/c1-23(35)27-15-10-16-29(22-27)33(40)38(4)31(21-25-17-18-26-13-8-9-14-28(26)19-25)34(41)37(3)30(32(39)36-2)20-24-11-6-5-7-12-24/h5-19,22-23,30-31H,20-21,35H2,1-4H3,(H,36,39)/t23?,30-,31-/m1/s1. The van der Waals surface area contributed by atoms with Crippen LogP contribution in [-0.2, 0) is 22.4 Å². The first kappa shape index (κ1) is 29.5. The first-order valence-corrected chi connectivity index (χ1v) is 13.8. The summed E-state index contributed by atoms with van der Waals surface area (Å²) in [5.41, 5.74) is 9.21. The zero-order valence-corrected chi connectivity index (χ0v) is 24.1. The molecule has 41 heavy (non-hydrogen) atoms. The van der Waals surface area contributed by atoms with Gasteiger partial charge in [0.1, 0.15) is 12.1 Å². The lowest BCUT2D eigenvalue weighted by atomic mass is 9.97. The number of benzene rings is 4. The molecule has 1 unspecified atom stereocenters. The molecule has 3 amide bonds. The fraction of sp³-hybridized carbons (Fsp3) is 0.265. The Morgan fingerprint density at radius 1 is 0.732 bits per heavy atom. The minimum Gasteiger partial charge on any atom is -0.357 e. The van der Waals surface area contributed by atoms with Crippen LogP contribution in [0.5, 0.6) is 0 Å². The van der Waals surface area contributed by atoms with Gasteiger partial charge in [-0.15, -0.1) is 0 Å². The van der Waals surface area contributed by atoms with Crippen molar-refractivity contribution in [3.05, 3.63) is 119 Å². The summed E-state index contributed by atoms with van der Waals surface area (Å²) < 4.78 is 0. The smallest absolute Gasteiger partial charge is 0.254 e. The molecule has 3 N–H and O–H groups in total. The molecule has 0 aliphatic heterocycles. The van der Waals surface area contributed by atoms with Crippen molar-refractivity contribution >= 4 is 28.5 Å². The van der Waals surface area contributed by atoms with Crippen LogP contribution in [0.4, 0.5) is 0 Å². The Bertz CT molecular complexity index is 1520. The third-order valence-corrected chi connectivity index (χ3v) is 7.61. The number of rotatable bonds is 10. The van der Waals surface area contributed by atoms with Gasteiger partial charge in [-0.1, -0.05) is 84.9 Å². The first-order valence-electron chi connectivity index (χ1n) is 13.8. The molecule has 3 atom stereocenters. The van der Waals surface area contributed by atoms with Crippen LogP contribution in [0, 0.1) is 0 Å². The maximum absolute atomic E-state index is 14.2. The van der Waals surface area contributed by atoms with Crippen molar-refractivity contribution in [2.24, 2.45) is 5.73 Å². The molecule has 0 saturated carbocycles. The number of carbonyl (C=O) groups excluding carboxylic acids is 3. The van der Waals surface area contributed by atoms with Crippen molar-refractivity contribution in [3.8, 4) is 0 Å². The quantitative estimate of drug-likeness (QED) is 0.307. The summed E-state index contributed by atoms with van der Waals surface area (Å²) in [6.45, 7) is 1.86. The highest BCUT2D eigenvalue weighted by Gasteiger charge is 2.35. The van der Waals surface area contributed by atoms with E-state index in [1.54, 1.807) is 39.3 Å². The lowest BCUT2D eigenvalue weighted by molar-refractivity contribution is -0.142. The van der Waals surface area contributed by atoms with E-state index in [-0.39, 0.29) is 30.2 Å². The molecule has 212 valence electrons. The fourth-order valence-electron chi connectivity index (χ4n) is 5.08. The maximum Gasteiger partial charge on any atom is 0.254 e. The van der Waals surface area contributed by atoms with Gasteiger partial charge in [-0.2, -0.15) is 0 Å². The highest BCUT2D eigenvalue weighted by molar-refractivity contribution is 5.98. The highest BCUT2D eigenvalue weighted by atomic mass is 16.2. The number of nitrogens with two attached hydrogens (primary N) is 1. The summed E-state index contributed by atoms with van der Waals surface area (Å²) in [6.07, 6.45) is 0.634. The average molecular weight is 551 g/mol. The molecular weight excluding hydrogens is 512 g/mol. The zero-order chi connectivity index (χ0) is 29.5. The number of hydrogen-bond donors (Lipinski definition) is 2. The van der Waals surface area contributed by atoms with Crippen LogP contribution in [0.3, 0.4) is 0 Å². The fourth-order valence-corrected chi connectivity index (χ4v) is 5.08. The Balaban J connectivity index is 1.70.